The van der Waals surface area contributed by atoms with Crippen molar-refractivity contribution in [2.45, 2.75) is 17.1 Å². The molecule has 1 aliphatic rings. The number of ketones is 1. The topological polar surface area (TPSA) is 26.3 Å². The molecule has 0 atom stereocenters. The fraction of sp³-hybridized carbons (Fsp3) is 0.364. The van der Waals surface area contributed by atoms with Crippen LogP contribution in [0, 0.1) is 0 Å². The summed E-state index contributed by atoms with van der Waals surface area (Å²) in [6.45, 7) is 3.11. The highest BCUT2D eigenvalue weighted by atomic mass is 35.5. The van der Waals surface area contributed by atoms with Crippen molar-refractivity contribution < 1.29 is 9.53 Å². The molecule has 0 N–H and O–H groups in total. The van der Waals surface area contributed by atoms with Crippen molar-refractivity contribution in [1.29, 1.82) is 0 Å². The molecule has 0 amide bonds. The summed E-state index contributed by atoms with van der Waals surface area (Å²) < 4.78 is 5.09. The van der Waals surface area contributed by atoms with Gasteiger partial charge in [-0.25, -0.2) is 0 Å². The molecule has 15 heavy (non-hydrogen) atoms. The first-order valence-electron chi connectivity index (χ1n) is 4.71. The predicted octanol–water partition coefficient (Wildman–Crippen LogP) is 3.03. The Morgan fingerprint density at radius 3 is 2.73 bits per heavy atom. The van der Waals surface area contributed by atoms with E-state index < -0.39 is 0 Å². The molecule has 1 aromatic carbocycles. The fourth-order valence-electron chi connectivity index (χ4n) is 1.28. The molecule has 4 heteroatoms. The van der Waals surface area contributed by atoms with E-state index in [-0.39, 0.29) is 5.78 Å². The van der Waals surface area contributed by atoms with Crippen molar-refractivity contribution in [3.8, 4) is 0 Å². The monoisotopic (exact) mass is 242 g/mol. The van der Waals surface area contributed by atoms with Crippen molar-refractivity contribution in [3.63, 3.8) is 0 Å². The van der Waals surface area contributed by atoms with Crippen molar-refractivity contribution in [1.82, 2.24) is 0 Å². The third kappa shape index (κ3) is 2.54. The summed E-state index contributed by atoms with van der Waals surface area (Å²) in [6.07, 6.45) is 0. The van der Waals surface area contributed by atoms with Gasteiger partial charge in [-0.1, -0.05) is 17.7 Å². The Hall–Kier alpha value is -0.510. The Balaban J connectivity index is 2.14. The molecule has 0 saturated carbocycles. The summed E-state index contributed by atoms with van der Waals surface area (Å²) in [5.74, 6) is 0.0421. The zero-order chi connectivity index (χ0) is 10.8. The van der Waals surface area contributed by atoms with Crippen molar-refractivity contribution in [3.05, 3.63) is 28.8 Å². The molecule has 1 aromatic rings. The average molecular weight is 243 g/mol. The van der Waals surface area contributed by atoms with Gasteiger partial charge in [0, 0.05) is 10.5 Å². The molecule has 2 nitrogen and oxygen atoms in total. The molecule has 1 fully saturated rings. The zero-order valence-electron chi connectivity index (χ0n) is 8.33. The van der Waals surface area contributed by atoms with Crippen LogP contribution in [-0.4, -0.2) is 24.2 Å². The first kappa shape index (κ1) is 11.0. The highest BCUT2D eigenvalue weighted by molar-refractivity contribution is 8.00. The maximum atomic E-state index is 11.1. The second-order valence-corrected chi connectivity index (χ2v) is 5.23. The smallest absolute Gasteiger partial charge is 0.159 e. The number of ether oxygens (including phenoxy) is 1. The number of Topliss-reactive ketones (excluding diaryl/α,β-unsaturated/α-hetero) is 1. The molecule has 1 aliphatic heterocycles. The van der Waals surface area contributed by atoms with Gasteiger partial charge in [-0.3, -0.25) is 4.79 Å². The van der Waals surface area contributed by atoms with E-state index in [4.69, 9.17) is 16.3 Å². The number of carbonyl (C=O) groups is 1. The van der Waals surface area contributed by atoms with E-state index in [0.29, 0.717) is 15.8 Å². The van der Waals surface area contributed by atoms with Gasteiger partial charge < -0.3 is 4.74 Å². The highest BCUT2D eigenvalue weighted by Crippen LogP contribution is 2.33. The molecule has 0 radical (unpaired) electrons. The number of carbonyl (C=O) groups excluding carboxylic acids is 1. The minimum absolute atomic E-state index is 0.0421. The minimum Gasteiger partial charge on any atom is -0.379 e. The van der Waals surface area contributed by atoms with E-state index in [1.807, 2.05) is 12.1 Å². The highest BCUT2D eigenvalue weighted by Gasteiger charge is 2.20. The molecule has 0 aliphatic carbocycles. The minimum atomic E-state index is 0.0421. The Labute approximate surface area is 98.0 Å². The second kappa shape index (κ2) is 4.56. The van der Waals surface area contributed by atoms with E-state index in [1.54, 1.807) is 17.8 Å². The van der Waals surface area contributed by atoms with Crippen LogP contribution >= 0.6 is 23.4 Å². The first-order chi connectivity index (χ1) is 7.16. The number of hydrogen-bond donors (Lipinski definition) is 0. The van der Waals surface area contributed by atoms with Gasteiger partial charge in [-0.05, 0) is 19.1 Å². The van der Waals surface area contributed by atoms with Gasteiger partial charge in [0.05, 0.1) is 23.5 Å². The van der Waals surface area contributed by atoms with Crippen LogP contribution in [0.3, 0.4) is 0 Å². The maximum Gasteiger partial charge on any atom is 0.159 e. The van der Waals surface area contributed by atoms with Crippen LogP contribution in [-0.2, 0) is 4.74 Å². The number of halogens is 1. The zero-order valence-corrected chi connectivity index (χ0v) is 9.90. The summed E-state index contributed by atoms with van der Waals surface area (Å²) in [6, 6.07) is 5.45. The molecule has 0 spiro atoms. The van der Waals surface area contributed by atoms with E-state index >= 15 is 0 Å². The van der Waals surface area contributed by atoms with Gasteiger partial charge >= 0.3 is 0 Å². The largest absolute Gasteiger partial charge is 0.379 e. The van der Waals surface area contributed by atoms with Crippen LogP contribution in [0.1, 0.15) is 17.3 Å². The molecule has 1 saturated heterocycles. The van der Waals surface area contributed by atoms with Crippen LogP contribution < -0.4 is 0 Å². The van der Waals surface area contributed by atoms with Crippen LogP contribution in [0.4, 0.5) is 0 Å². The lowest BCUT2D eigenvalue weighted by Crippen LogP contribution is -2.30. The lowest BCUT2D eigenvalue weighted by atomic mass is 10.1. The fourth-order valence-corrected chi connectivity index (χ4v) is 2.60. The number of rotatable bonds is 3. The molecule has 0 unspecified atom stereocenters. The van der Waals surface area contributed by atoms with Crippen molar-refractivity contribution >= 4 is 29.1 Å². The molecule has 1 heterocycles. The normalized spacial score (nSPS) is 16.1. The van der Waals surface area contributed by atoms with Gasteiger partial charge in [0.25, 0.3) is 0 Å². The molecular formula is C11H11ClO2S. The van der Waals surface area contributed by atoms with E-state index in [0.717, 1.165) is 18.1 Å². The predicted molar refractivity (Wildman–Crippen MR) is 61.9 cm³/mol. The standard InChI is InChI=1S/C11H11ClO2S/c1-7(13)8-2-3-11(10(12)4-8)15-9-5-14-6-9/h2-4,9H,5-6H2,1H3. The Morgan fingerprint density at radius 1 is 1.53 bits per heavy atom. The maximum absolute atomic E-state index is 11.1. The SMILES string of the molecule is CC(=O)c1ccc(SC2COC2)c(Cl)c1. The summed E-state index contributed by atoms with van der Waals surface area (Å²) >= 11 is 7.79. The quantitative estimate of drug-likeness (QED) is 0.763. The van der Waals surface area contributed by atoms with Gasteiger partial charge in [0.2, 0.25) is 0 Å². The molecular weight excluding hydrogens is 232 g/mol. The first-order valence-corrected chi connectivity index (χ1v) is 5.97. The van der Waals surface area contributed by atoms with Gasteiger partial charge in [-0.2, -0.15) is 0 Å². The lowest BCUT2D eigenvalue weighted by molar-refractivity contribution is 0.0455. The number of benzene rings is 1. The lowest BCUT2D eigenvalue weighted by Gasteiger charge is -2.25. The summed E-state index contributed by atoms with van der Waals surface area (Å²) in [5.41, 5.74) is 0.661. The summed E-state index contributed by atoms with van der Waals surface area (Å²) in [5, 5.41) is 1.16. The van der Waals surface area contributed by atoms with E-state index in [1.165, 1.54) is 6.92 Å². The van der Waals surface area contributed by atoms with Crippen molar-refractivity contribution in [2.75, 3.05) is 13.2 Å². The molecule has 0 bridgehead atoms. The third-order valence-corrected chi connectivity index (χ3v) is 3.88. The number of hydrogen-bond acceptors (Lipinski definition) is 3. The van der Waals surface area contributed by atoms with Gasteiger partial charge in [-0.15, -0.1) is 11.8 Å². The molecule has 2 rings (SSSR count). The van der Waals surface area contributed by atoms with Crippen LogP contribution in [0.25, 0.3) is 0 Å². The number of thioether (sulfide) groups is 1. The van der Waals surface area contributed by atoms with E-state index in [2.05, 4.69) is 0 Å². The summed E-state index contributed by atoms with van der Waals surface area (Å²) in [4.78, 5) is 12.1. The van der Waals surface area contributed by atoms with Gasteiger partial charge in [0.1, 0.15) is 0 Å². The van der Waals surface area contributed by atoms with Crippen LogP contribution in [0.15, 0.2) is 23.1 Å². The molecule has 80 valence electrons. The van der Waals surface area contributed by atoms with Crippen LogP contribution in [0.5, 0.6) is 0 Å². The Morgan fingerprint density at radius 2 is 2.27 bits per heavy atom. The van der Waals surface area contributed by atoms with E-state index in [9.17, 15) is 4.79 Å². The third-order valence-electron chi connectivity index (χ3n) is 2.24. The van der Waals surface area contributed by atoms with Gasteiger partial charge in [0.15, 0.2) is 5.78 Å². The average Bonchev–Trinajstić information content (AvgIpc) is 2.12. The summed E-state index contributed by atoms with van der Waals surface area (Å²) in [7, 11) is 0. The van der Waals surface area contributed by atoms with Crippen LogP contribution in [0.2, 0.25) is 5.02 Å². The van der Waals surface area contributed by atoms with Crippen molar-refractivity contribution in [2.24, 2.45) is 0 Å². The second-order valence-electron chi connectivity index (χ2n) is 3.48. The Bertz CT molecular complexity index is 388. The Kier molecular flexibility index (Phi) is 3.34. The molecule has 0 aromatic heterocycles.